The first-order valence-electron chi connectivity index (χ1n) is 6.39. The second kappa shape index (κ2) is 6.03. The summed E-state index contributed by atoms with van der Waals surface area (Å²) in [7, 11) is 0. The van der Waals surface area contributed by atoms with Crippen molar-refractivity contribution in [1.29, 1.82) is 0 Å². The lowest BCUT2D eigenvalue weighted by molar-refractivity contribution is 0.180. The number of nitrogens with two attached hydrogens (primary N) is 1. The van der Waals surface area contributed by atoms with Crippen molar-refractivity contribution in [1.82, 2.24) is 0 Å². The molecule has 1 unspecified atom stereocenters. The van der Waals surface area contributed by atoms with Gasteiger partial charge in [-0.15, -0.1) is 0 Å². The molecule has 0 radical (unpaired) electrons. The summed E-state index contributed by atoms with van der Waals surface area (Å²) >= 11 is 0. The molecule has 1 aromatic rings. The SMILES string of the molecule is NC(CCO)c1cccc(OCC2CCC2)c1. The van der Waals surface area contributed by atoms with Gasteiger partial charge in [0.05, 0.1) is 6.61 Å². The van der Waals surface area contributed by atoms with Gasteiger partial charge in [0, 0.05) is 12.6 Å². The zero-order valence-electron chi connectivity index (χ0n) is 10.1. The Labute approximate surface area is 103 Å². The zero-order valence-corrected chi connectivity index (χ0v) is 10.1. The highest BCUT2D eigenvalue weighted by molar-refractivity contribution is 5.30. The summed E-state index contributed by atoms with van der Waals surface area (Å²) in [5.41, 5.74) is 6.98. The van der Waals surface area contributed by atoms with E-state index in [1.807, 2.05) is 24.3 Å². The zero-order chi connectivity index (χ0) is 12.1. The normalized spacial score (nSPS) is 17.5. The van der Waals surface area contributed by atoms with Crippen molar-refractivity contribution in [3.63, 3.8) is 0 Å². The van der Waals surface area contributed by atoms with E-state index in [-0.39, 0.29) is 12.6 Å². The average Bonchev–Trinajstić information content (AvgIpc) is 2.28. The molecule has 1 aromatic carbocycles. The van der Waals surface area contributed by atoms with Crippen molar-refractivity contribution in [3.05, 3.63) is 29.8 Å². The van der Waals surface area contributed by atoms with Crippen molar-refractivity contribution in [2.24, 2.45) is 11.7 Å². The van der Waals surface area contributed by atoms with Gasteiger partial charge in [-0.25, -0.2) is 0 Å². The smallest absolute Gasteiger partial charge is 0.119 e. The van der Waals surface area contributed by atoms with Crippen molar-refractivity contribution >= 4 is 0 Å². The molecule has 3 heteroatoms. The highest BCUT2D eigenvalue weighted by Gasteiger charge is 2.18. The summed E-state index contributed by atoms with van der Waals surface area (Å²) in [4.78, 5) is 0. The van der Waals surface area contributed by atoms with Crippen molar-refractivity contribution < 1.29 is 9.84 Å². The molecule has 94 valence electrons. The largest absolute Gasteiger partial charge is 0.493 e. The van der Waals surface area contributed by atoms with Crippen LogP contribution in [0.3, 0.4) is 0 Å². The Morgan fingerprint density at radius 1 is 1.41 bits per heavy atom. The fraction of sp³-hybridized carbons (Fsp3) is 0.571. The lowest BCUT2D eigenvalue weighted by Gasteiger charge is -2.25. The molecule has 0 saturated heterocycles. The number of hydrogen-bond donors (Lipinski definition) is 2. The molecule has 0 spiro atoms. The van der Waals surface area contributed by atoms with Crippen LogP contribution in [0.25, 0.3) is 0 Å². The number of benzene rings is 1. The third-order valence-electron chi connectivity index (χ3n) is 3.44. The lowest BCUT2D eigenvalue weighted by atomic mass is 9.86. The van der Waals surface area contributed by atoms with E-state index >= 15 is 0 Å². The minimum Gasteiger partial charge on any atom is -0.493 e. The topological polar surface area (TPSA) is 55.5 Å². The maximum atomic E-state index is 8.87. The second-order valence-corrected chi connectivity index (χ2v) is 4.80. The summed E-state index contributed by atoms with van der Waals surface area (Å²) in [6.45, 7) is 0.938. The number of hydrogen-bond acceptors (Lipinski definition) is 3. The molecule has 17 heavy (non-hydrogen) atoms. The molecule has 1 saturated carbocycles. The number of aliphatic hydroxyl groups excluding tert-OH is 1. The van der Waals surface area contributed by atoms with Crippen LogP contribution in [0.4, 0.5) is 0 Å². The van der Waals surface area contributed by atoms with E-state index in [9.17, 15) is 0 Å². The van der Waals surface area contributed by atoms with Gasteiger partial charge in [-0.2, -0.15) is 0 Å². The fourth-order valence-corrected chi connectivity index (χ4v) is 2.01. The Morgan fingerprint density at radius 2 is 2.24 bits per heavy atom. The fourth-order valence-electron chi connectivity index (χ4n) is 2.01. The van der Waals surface area contributed by atoms with E-state index in [1.54, 1.807) is 0 Å². The molecule has 1 atom stereocenters. The molecule has 3 nitrogen and oxygen atoms in total. The molecule has 1 aliphatic carbocycles. The van der Waals surface area contributed by atoms with E-state index in [1.165, 1.54) is 19.3 Å². The van der Waals surface area contributed by atoms with Gasteiger partial charge < -0.3 is 15.6 Å². The maximum absolute atomic E-state index is 8.87. The third-order valence-corrected chi connectivity index (χ3v) is 3.44. The Hall–Kier alpha value is -1.06. The van der Waals surface area contributed by atoms with Crippen LogP contribution in [0.5, 0.6) is 5.75 Å². The summed E-state index contributed by atoms with van der Waals surface area (Å²) in [6.07, 6.45) is 4.52. The standard InChI is InChI=1S/C14H21NO2/c15-14(7-8-16)12-5-2-6-13(9-12)17-10-11-3-1-4-11/h2,5-6,9,11,14,16H,1,3-4,7-8,10,15H2. The van der Waals surface area contributed by atoms with E-state index in [2.05, 4.69) is 0 Å². The van der Waals surface area contributed by atoms with Gasteiger partial charge in [0.2, 0.25) is 0 Å². The first-order chi connectivity index (χ1) is 8.29. The monoisotopic (exact) mass is 235 g/mol. The summed E-state index contributed by atoms with van der Waals surface area (Å²) < 4.78 is 5.76. The van der Waals surface area contributed by atoms with Crippen molar-refractivity contribution in [2.45, 2.75) is 31.7 Å². The lowest BCUT2D eigenvalue weighted by Crippen LogP contribution is -2.19. The molecule has 0 aliphatic heterocycles. The van der Waals surface area contributed by atoms with Crippen LogP contribution >= 0.6 is 0 Å². The van der Waals surface area contributed by atoms with Gasteiger partial charge in [0.1, 0.15) is 5.75 Å². The molecule has 1 aliphatic rings. The van der Waals surface area contributed by atoms with Crippen molar-refractivity contribution in [2.75, 3.05) is 13.2 Å². The third kappa shape index (κ3) is 3.45. The molecular formula is C14H21NO2. The van der Waals surface area contributed by atoms with Crippen LogP contribution < -0.4 is 10.5 Å². The number of aliphatic hydroxyl groups is 1. The van der Waals surface area contributed by atoms with E-state index in [0.29, 0.717) is 6.42 Å². The Kier molecular flexibility index (Phi) is 4.40. The van der Waals surface area contributed by atoms with Crippen molar-refractivity contribution in [3.8, 4) is 5.75 Å². The summed E-state index contributed by atoms with van der Waals surface area (Å²) in [6, 6.07) is 7.79. The van der Waals surface area contributed by atoms with Crippen LogP contribution in [0.2, 0.25) is 0 Å². The molecule has 0 heterocycles. The van der Waals surface area contributed by atoms with Crippen LogP contribution in [-0.2, 0) is 0 Å². The molecule has 2 rings (SSSR count). The van der Waals surface area contributed by atoms with E-state index in [0.717, 1.165) is 23.8 Å². The minimum atomic E-state index is -0.104. The predicted octanol–water partition coefficient (Wildman–Crippen LogP) is 2.25. The molecule has 1 fully saturated rings. The van der Waals surface area contributed by atoms with Gasteiger partial charge >= 0.3 is 0 Å². The highest BCUT2D eigenvalue weighted by atomic mass is 16.5. The van der Waals surface area contributed by atoms with E-state index < -0.39 is 0 Å². The predicted molar refractivity (Wildman–Crippen MR) is 67.9 cm³/mol. The van der Waals surface area contributed by atoms with Crippen LogP contribution in [0, 0.1) is 5.92 Å². The molecule has 0 bridgehead atoms. The van der Waals surface area contributed by atoms with Gasteiger partial charge in [-0.1, -0.05) is 18.6 Å². The first kappa shape index (κ1) is 12.4. The van der Waals surface area contributed by atoms with Gasteiger partial charge in [-0.3, -0.25) is 0 Å². The summed E-state index contributed by atoms with van der Waals surface area (Å²) in [5, 5.41) is 8.87. The number of ether oxygens (including phenoxy) is 1. The molecule has 3 N–H and O–H groups in total. The molecule has 0 amide bonds. The van der Waals surface area contributed by atoms with Gasteiger partial charge in [-0.05, 0) is 42.9 Å². The van der Waals surface area contributed by atoms with E-state index in [4.69, 9.17) is 15.6 Å². The molecular weight excluding hydrogens is 214 g/mol. The first-order valence-corrected chi connectivity index (χ1v) is 6.39. The average molecular weight is 235 g/mol. The Bertz CT molecular complexity index is 350. The van der Waals surface area contributed by atoms with Crippen LogP contribution in [-0.4, -0.2) is 18.3 Å². The maximum Gasteiger partial charge on any atom is 0.119 e. The van der Waals surface area contributed by atoms with Crippen LogP contribution in [0.15, 0.2) is 24.3 Å². The minimum absolute atomic E-state index is 0.104. The van der Waals surface area contributed by atoms with Crippen LogP contribution in [0.1, 0.15) is 37.3 Å². The number of rotatable bonds is 6. The molecule has 0 aromatic heterocycles. The Balaban J connectivity index is 1.90. The second-order valence-electron chi connectivity index (χ2n) is 4.80. The Morgan fingerprint density at radius 3 is 2.88 bits per heavy atom. The quantitative estimate of drug-likeness (QED) is 0.795. The van der Waals surface area contributed by atoms with Gasteiger partial charge in [0.25, 0.3) is 0 Å². The highest BCUT2D eigenvalue weighted by Crippen LogP contribution is 2.27. The van der Waals surface area contributed by atoms with Gasteiger partial charge in [0.15, 0.2) is 0 Å². The summed E-state index contributed by atoms with van der Waals surface area (Å²) in [5.74, 6) is 1.63.